The van der Waals surface area contributed by atoms with E-state index in [0.717, 1.165) is 19.3 Å². The average Bonchev–Trinajstić information content (AvgIpc) is 2.69. The van der Waals surface area contributed by atoms with Crippen LogP contribution >= 0.6 is 0 Å². The van der Waals surface area contributed by atoms with Crippen LogP contribution in [0, 0.1) is 0 Å². The van der Waals surface area contributed by atoms with E-state index in [1.54, 1.807) is 0 Å². The van der Waals surface area contributed by atoms with Crippen LogP contribution in [0.3, 0.4) is 0 Å². The zero-order chi connectivity index (χ0) is 12.0. The Balaban J connectivity index is 2.32. The van der Waals surface area contributed by atoms with Crippen molar-refractivity contribution in [1.82, 2.24) is 5.32 Å². The number of aliphatic carboxylic acids is 1. The molecule has 1 fully saturated rings. The summed E-state index contributed by atoms with van der Waals surface area (Å²) in [6.07, 6.45) is 3.31. The van der Waals surface area contributed by atoms with Crippen LogP contribution in [0.2, 0.25) is 0 Å². The largest absolute Gasteiger partial charge is 0.480 e. The van der Waals surface area contributed by atoms with Crippen LogP contribution in [0.15, 0.2) is 0 Å². The lowest BCUT2D eigenvalue weighted by molar-refractivity contribution is -0.142. The molecule has 0 aromatic carbocycles. The van der Waals surface area contributed by atoms with E-state index in [4.69, 9.17) is 9.84 Å². The van der Waals surface area contributed by atoms with Crippen LogP contribution in [0.5, 0.6) is 0 Å². The van der Waals surface area contributed by atoms with Crippen LogP contribution in [-0.2, 0) is 14.3 Å². The molecule has 0 spiro atoms. The van der Waals surface area contributed by atoms with Gasteiger partial charge in [0.25, 0.3) is 0 Å². The predicted molar refractivity (Wildman–Crippen MR) is 58.1 cm³/mol. The minimum absolute atomic E-state index is 0.0314. The second-order valence-electron chi connectivity index (χ2n) is 4.09. The fourth-order valence-electron chi connectivity index (χ4n) is 1.81. The van der Waals surface area contributed by atoms with Crippen LogP contribution in [0.1, 0.15) is 39.0 Å². The number of carbonyl (C=O) groups excluding carboxylic acids is 1. The van der Waals surface area contributed by atoms with Crippen molar-refractivity contribution < 1.29 is 19.4 Å². The molecule has 16 heavy (non-hydrogen) atoms. The number of hydrogen-bond donors (Lipinski definition) is 2. The first-order valence-electron chi connectivity index (χ1n) is 5.77. The third-order valence-corrected chi connectivity index (χ3v) is 2.65. The van der Waals surface area contributed by atoms with Gasteiger partial charge in [-0.25, -0.2) is 4.79 Å². The van der Waals surface area contributed by atoms with E-state index in [-0.39, 0.29) is 18.4 Å². The molecule has 0 bridgehead atoms. The van der Waals surface area contributed by atoms with E-state index < -0.39 is 12.0 Å². The molecule has 1 aliphatic rings. The second-order valence-corrected chi connectivity index (χ2v) is 4.09. The molecule has 1 rings (SSSR count). The Labute approximate surface area is 95.2 Å². The third kappa shape index (κ3) is 4.18. The van der Waals surface area contributed by atoms with Crippen LogP contribution < -0.4 is 5.32 Å². The maximum Gasteiger partial charge on any atom is 0.326 e. The average molecular weight is 229 g/mol. The van der Waals surface area contributed by atoms with Crippen molar-refractivity contribution in [3.63, 3.8) is 0 Å². The van der Waals surface area contributed by atoms with Crippen molar-refractivity contribution in [2.75, 3.05) is 6.61 Å². The highest BCUT2D eigenvalue weighted by molar-refractivity contribution is 5.83. The molecular formula is C11H19NO4. The smallest absolute Gasteiger partial charge is 0.326 e. The minimum Gasteiger partial charge on any atom is -0.480 e. The number of carbonyl (C=O) groups is 2. The van der Waals surface area contributed by atoms with Crippen LogP contribution in [-0.4, -0.2) is 35.7 Å². The number of hydrogen-bond acceptors (Lipinski definition) is 3. The summed E-state index contributed by atoms with van der Waals surface area (Å²) in [5.41, 5.74) is 0. The molecular weight excluding hydrogens is 210 g/mol. The molecule has 1 heterocycles. The van der Waals surface area contributed by atoms with Crippen LogP contribution in [0.4, 0.5) is 0 Å². The standard InChI is InChI=1S/C11H19NO4/c1-2-4-9(11(14)15)12-10(13)7-8-5-3-6-16-8/h8-9H,2-7H2,1H3,(H,12,13)(H,14,15). The molecule has 1 aliphatic heterocycles. The summed E-state index contributed by atoms with van der Waals surface area (Å²) in [4.78, 5) is 22.4. The van der Waals surface area contributed by atoms with E-state index in [2.05, 4.69) is 5.32 Å². The summed E-state index contributed by atoms with van der Waals surface area (Å²) in [6.45, 7) is 2.59. The molecule has 2 N–H and O–H groups in total. The van der Waals surface area contributed by atoms with Gasteiger partial charge in [-0.15, -0.1) is 0 Å². The van der Waals surface area contributed by atoms with Gasteiger partial charge in [0.15, 0.2) is 0 Å². The molecule has 92 valence electrons. The zero-order valence-corrected chi connectivity index (χ0v) is 9.57. The summed E-state index contributed by atoms with van der Waals surface area (Å²) in [7, 11) is 0. The normalized spacial score (nSPS) is 21.7. The molecule has 0 radical (unpaired) electrons. The first kappa shape index (κ1) is 13.0. The fraction of sp³-hybridized carbons (Fsp3) is 0.818. The lowest BCUT2D eigenvalue weighted by atomic mass is 10.1. The molecule has 0 aromatic heterocycles. The lowest BCUT2D eigenvalue weighted by Crippen LogP contribution is -2.41. The molecule has 1 amide bonds. The maximum atomic E-state index is 11.5. The van der Waals surface area contributed by atoms with Gasteiger partial charge in [0.1, 0.15) is 6.04 Å². The van der Waals surface area contributed by atoms with Gasteiger partial charge in [-0.05, 0) is 19.3 Å². The first-order valence-corrected chi connectivity index (χ1v) is 5.77. The first-order chi connectivity index (χ1) is 7.63. The topological polar surface area (TPSA) is 75.6 Å². The van der Waals surface area contributed by atoms with E-state index >= 15 is 0 Å². The molecule has 1 saturated heterocycles. The van der Waals surface area contributed by atoms with Gasteiger partial charge in [0.05, 0.1) is 12.5 Å². The lowest BCUT2D eigenvalue weighted by Gasteiger charge is -2.15. The van der Waals surface area contributed by atoms with E-state index in [9.17, 15) is 9.59 Å². The Bertz CT molecular complexity index is 248. The Morgan fingerprint density at radius 3 is 2.81 bits per heavy atom. The number of ether oxygens (including phenoxy) is 1. The molecule has 0 saturated carbocycles. The number of carboxylic acids is 1. The van der Waals surface area contributed by atoms with E-state index in [0.29, 0.717) is 13.0 Å². The number of nitrogens with one attached hydrogen (secondary N) is 1. The Morgan fingerprint density at radius 1 is 1.56 bits per heavy atom. The summed E-state index contributed by atoms with van der Waals surface area (Å²) in [6, 6.07) is -0.765. The van der Waals surface area contributed by atoms with Gasteiger partial charge in [-0.2, -0.15) is 0 Å². The highest BCUT2D eigenvalue weighted by Gasteiger charge is 2.23. The van der Waals surface area contributed by atoms with Gasteiger partial charge < -0.3 is 15.2 Å². The monoisotopic (exact) mass is 229 g/mol. The van der Waals surface area contributed by atoms with Crippen molar-refractivity contribution in [3.05, 3.63) is 0 Å². The summed E-state index contributed by atoms with van der Waals surface area (Å²) in [5, 5.41) is 11.4. The highest BCUT2D eigenvalue weighted by Crippen LogP contribution is 2.15. The fourth-order valence-corrected chi connectivity index (χ4v) is 1.81. The molecule has 2 unspecified atom stereocenters. The Hall–Kier alpha value is -1.10. The Morgan fingerprint density at radius 2 is 2.31 bits per heavy atom. The van der Waals surface area contributed by atoms with Crippen molar-refractivity contribution >= 4 is 11.9 Å². The number of rotatable bonds is 6. The van der Waals surface area contributed by atoms with Crippen molar-refractivity contribution in [2.45, 2.75) is 51.2 Å². The molecule has 0 aromatic rings. The predicted octanol–water partition coefficient (Wildman–Crippen LogP) is 0.925. The molecule has 0 aliphatic carbocycles. The SMILES string of the molecule is CCCC(NC(=O)CC1CCCO1)C(=O)O. The van der Waals surface area contributed by atoms with Crippen molar-refractivity contribution in [1.29, 1.82) is 0 Å². The van der Waals surface area contributed by atoms with Gasteiger partial charge in [0.2, 0.25) is 5.91 Å². The van der Waals surface area contributed by atoms with Gasteiger partial charge in [-0.1, -0.05) is 13.3 Å². The van der Waals surface area contributed by atoms with Gasteiger partial charge in [-0.3, -0.25) is 4.79 Å². The highest BCUT2D eigenvalue weighted by atomic mass is 16.5. The van der Waals surface area contributed by atoms with E-state index in [1.807, 2.05) is 6.92 Å². The van der Waals surface area contributed by atoms with Gasteiger partial charge >= 0.3 is 5.97 Å². The van der Waals surface area contributed by atoms with Gasteiger partial charge in [0, 0.05) is 6.61 Å². The summed E-state index contributed by atoms with van der Waals surface area (Å²) < 4.78 is 5.32. The number of amides is 1. The maximum absolute atomic E-state index is 11.5. The minimum atomic E-state index is -0.970. The molecule has 2 atom stereocenters. The summed E-state index contributed by atoms with van der Waals surface area (Å²) >= 11 is 0. The molecule has 5 nitrogen and oxygen atoms in total. The van der Waals surface area contributed by atoms with Crippen molar-refractivity contribution in [2.24, 2.45) is 0 Å². The number of carboxylic acid groups (broad SMARTS) is 1. The second kappa shape index (κ2) is 6.48. The third-order valence-electron chi connectivity index (χ3n) is 2.65. The van der Waals surface area contributed by atoms with E-state index in [1.165, 1.54) is 0 Å². The van der Waals surface area contributed by atoms with Crippen LogP contribution in [0.25, 0.3) is 0 Å². The quantitative estimate of drug-likeness (QED) is 0.710. The zero-order valence-electron chi connectivity index (χ0n) is 9.57. The molecule has 5 heteroatoms. The Kier molecular flexibility index (Phi) is 5.25. The van der Waals surface area contributed by atoms with Crippen molar-refractivity contribution in [3.8, 4) is 0 Å². The summed E-state index contributed by atoms with van der Waals surface area (Å²) in [5.74, 6) is -1.20.